The van der Waals surface area contributed by atoms with Crippen LogP contribution in [0, 0.1) is 5.82 Å². The first-order chi connectivity index (χ1) is 8.08. The second-order valence-corrected chi connectivity index (χ2v) is 5.46. The summed E-state index contributed by atoms with van der Waals surface area (Å²) in [6.45, 7) is 0. The number of methoxy groups -OCH3 is 2. The standard InChI is InChI=1S/C11H9FO4Se/c1-15-6-3-5-8(4-7(6)16-2)17-10(9(5)12)11(13)14/h3-4H,1-2H3,(H,13,14). The molecule has 0 amide bonds. The normalized spacial score (nSPS) is 10.5. The average Bonchev–Trinajstić information content (AvgIpc) is 2.64. The zero-order valence-corrected chi connectivity index (χ0v) is 10.8. The number of benzene rings is 1. The molecule has 2 aromatic rings. The summed E-state index contributed by atoms with van der Waals surface area (Å²) in [5.41, 5.74) is 0. The van der Waals surface area contributed by atoms with Crippen LogP contribution in [0.3, 0.4) is 0 Å². The van der Waals surface area contributed by atoms with E-state index in [2.05, 4.69) is 0 Å². The molecule has 0 aliphatic heterocycles. The van der Waals surface area contributed by atoms with Crippen molar-refractivity contribution in [1.29, 1.82) is 0 Å². The summed E-state index contributed by atoms with van der Waals surface area (Å²) in [7, 11) is 2.93. The van der Waals surface area contributed by atoms with E-state index < -0.39 is 26.3 Å². The van der Waals surface area contributed by atoms with Crippen LogP contribution in [0.1, 0.15) is 9.23 Å². The first kappa shape index (κ1) is 12.0. The second kappa shape index (κ2) is 4.39. The predicted octanol–water partition coefficient (Wildman–Crippen LogP) is 1.75. The van der Waals surface area contributed by atoms with E-state index >= 15 is 0 Å². The van der Waals surface area contributed by atoms with Gasteiger partial charge in [-0.25, -0.2) is 0 Å². The summed E-state index contributed by atoms with van der Waals surface area (Å²) in [5.74, 6) is -1.01. The third kappa shape index (κ3) is 1.90. The summed E-state index contributed by atoms with van der Waals surface area (Å²) in [5, 5.41) is 9.16. The number of ether oxygens (including phenoxy) is 2. The fraction of sp³-hybridized carbons (Fsp3) is 0.182. The van der Waals surface area contributed by atoms with Gasteiger partial charge in [-0.05, 0) is 0 Å². The van der Waals surface area contributed by atoms with Gasteiger partial charge in [0.2, 0.25) is 0 Å². The molecule has 0 fully saturated rings. The van der Waals surface area contributed by atoms with E-state index in [1.54, 1.807) is 6.07 Å². The van der Waals surface area contributed by atoms with E-state index in [0.29, 0.717) is 21.1 Å². The van der Waals surface area contributed by atoms with Crippen molar-refractivity contribution in [2.24, 2.45) is 0 Å². The Labute approximate surface area is 102 Å². The van der Waals surface area contributed by atoms with Crippen LogP contribution < -0.4 is 9.47 Å². The molecule has 4 nitrogen and oxygen atoms in total. The van der Waals surface area contributed by atoms with E-state index in [4.69, 9.17) is 14.6 Å². The van der Waals surface area contributed by atoms with E-state index in [1.807, 2.05) is 0 Å². The van der Waals surface area contributed by atoms with Gasteiger partial charge in [-0.2, -0.15) is 0 Å². The Hall–Kier alpha value is -1.52. The summed E-state index contributed by atoms with van der Waals surface area (Å²) in [6.07, 6.45) is 0. The Bertz CT molecular complexity index is 591. The molecule has 0 aliphatic rings. The van der Waals surface area contributed by atoms with E-state index in [1.165, 1.54) is 20.3 Å². The van der Waals surface area contributed by atoms with E-state index in [9.17, 15) is 9.18 Å². The van der Waals surface area contributed by atoms with Crippen LogP contribution in [0.5, 0.6) is 11.5 Å². The first-order valence-electron chi connectivity index (χ1n) is 4.65. The van der Waals surface area contributed by atoms with E-state index in [-0.39, 0.29) is 4.44 Å². The number of carboxylic acids is 1. The third-order valence-electron chi connectivity index (χ3n) is 2.33. The molecule has 0 saturated heterocycles. The molecule has 2 rings (SSSR count). The Kier molecular flexibility index (Phi) is 3.09. The fourth-order valence-corrected chi connectivity index (χ4v) is 3.48. The van der Waals surface area contributed by atoms with Crippen LogP contribution in [-0.2, 0) is 0 Å². The maximum atomic E-state index is 13.8. The SMILES string of the molecule is COc1cc2[se]c(C(=O)O)c(F)c2cc1OC. The molecule has 0 aliphatic carbocycles. The van der Waals surface area contributed by atoms with Gasteiger partial charge in [0.05, 0.1) is 0 Å². The minimum absolute atomic E-state index is 0.164. The summed E-state index contributed by atoms with van der Waals surface area (Å²) in [6, 6.07) is 3.10. The molecule has 17 heavy (non-hydrogen) atoms. The van der Waals surface area contributed by atoms with Crippen molar-refractivity contribution in [3.63, 3.8) is 0 Å². The van der Waals surface area contributed by atoms with Crippen LogP contribution in [0.25, 0.3) is 9.65 Å². The van der Waals surface area contributed by atoms with Crippen molar-refractivity contribution in [1.82, 2.24) is 0 Å². The van der Waals surface area contributed by atoms with Crippen LogP contribution >= 0.6 is 0 Å². The number of hydrogen-bond acceptors (Lipinski definition) is 3. The molecular formula is C11H9FO4Se. The van der Waals surface area contributed by atoms with Gasteiger partial charge in [0.15, 0.2) is 0 Å². The van der Waals surface area contributed by atoms with Crippen molar-refractivity contribution < 1.29 is 23.8 Å². The quantitative estimate of drug-likeness (QED) is 0.878. The van der Waals surface area contributed by atoms with Crippen LogP contribution in [-0.4, -0.2) is 39.8 Å². The van der Waals surface area contributed by atoms with Gasteiger partial charge in [0.1, 0.15) is 0 Å². The van der Waals surface area contributed by atoms with Gasteiger partial charge in [0, 0.05) is 0 Å². The topological polar surface area (TPSA) is 55.8 Å². The van der Waals surface area contributed by atoms with Crippen molar-refractivity contribution in [3.8, 4) is 11.5 Å². The number of aromatic carboxylic acids is 1. The molecule has 0 unspecified atom stereocenters. The Balaban J connectivity index is 2.75. The number of carboxylic acid groups (broad SMARTS) is 1. The van der Waals surface area contributed by atoms with Crippen molar-refractivity contribution >= 4 is 30.1 Å². The summed E-state index contributed by atoms with van der Waals surface area (Å²) in [4.78, 5) is 10.8. The van der Waals surface area contributed by atoms with Crippen molar-refractivity contribution in [3.05, 3.63) is 22.4 Å². The van der Waals surface area contributed by atoms with Crippen molar-refractivity contribution in [2.45, 2.75) is 0 Å². The van der Waals surface area contributed by atoms with Gasteiger partial charge in [-0.1, -0.05) is 0 Å². The van der Waals surface area contributed by atoms with Crippen LogP contribution in [0.15, 0.2) is 12.1 Å². The van der Waals surface area contributed by atoms with Gasteiger partial charge in [-0.15, -0.1) is 0 Å². The number of hydrogen-bond donors (Lipinski definition) is 1. The molecule has 0 spiro atoms. The molecule has 0 atom stereocenters. The molecule has 6 heteroatoms. The molecule has 0 saturated carbocycles. The Morgan fingerprint density at radius 2 is 1.88 bits per heavy atom. The van der Waals surface area contributed by atoms with Gasteiger partial charge in [-0.3, -0.25) is 0 Å². The van der Waals surface area contributed by atoms with Crippen LogP contribution in [0.2, 0.25) is 0 Å². The predicted molar refractivity (Wildman–Crippen MR) is 60.9 cm³/mol. The van der Waals surface area contributed by atoms with Gasteiger partial charge >= 0.3 is 102 Å². The third-order valence-corrected chi connectivity index (χ3v) is 4.67. The molecule has 1 N–H and O–H groups in total. The number of fused-ring (bicyclic) bond motifs is 1. The van der Waals surface area contributed by atoms with Gasteiger partial charge < -0.3 is 0 Å². The van der Waals surface area contributed by atoms with E-state index in [0.717, 1.165) is 0 Å². The second-order valence-electron chi connectivity index (χ2n) is 3.25. The monoisotopic (exact) mass is 304 g/mol. The molecular weight excluding hydrogens is 294 g/mol. The zero-order chi connectivity index (χ0) is 12.6. The average molecular weight is 303 g/mol. The molecule has 0 bridgehead atoms. The summed E-state index contributed by atoms with van der Waals surface area (Å²) < 4.78 is 24.4. The Morgan fingerprint density at radius 1 is 1.29 bits per heavy atom. The molecule has 1 heterocycles. The minimum atomic E-state index is -1.21. The molecule has 1 aromatic heterocycles. The molecule has 90 valence electrons. The molecule has 0 radical (unpaired) electrons. The number of halogens is 1. The van der Waals surface area contributed by atoms with Gasteiger partial charge in [0.25, 0.3) is 0 Å². The number of rotatable bonds is 3. The Morgan fingerprint density at radius 3 is 2.41 bits per heavy atom. The number of carbonyl (C=O) groups is 1. The first-order valence-corrected chi connectivity index (χ1v) is 6.37. The maximum absolute atomic E-state index is 13.8. The molecule has 1 aromatic carbocycles. The summed E-state index contributed by atoms with van der Waals surface area (Å²) >= 11 is -0.537. The van der Waals surface area contributed by atoms with Crippen LogP contribution in [0.4, 0.5) is 4.39 Å². The zero-order valence-electron chi connectivity index (χ0n) is 9.11. The van der Waals surface area contributed by atoms with Crippen molar-refractivity contribution in [2.75, 3.05) is 14.2 Å². The fourth-order valence-electron chi connectivity index (χ4n) is 1.53.